The summed E-state index contributed by atoms with van der Waals surface area (Å²) in [5.74, 6) is 0.573. The van der Waals surface area contributed by atoms with Crippen molar-refractivity contribution in [3.63, 3.8) is 0 Å². The minimum absolute atomic E-state index is 0.208. The van der Waals surface area contributed by atoms with E-state index in [2.05, 4.69) is 20.3 Å². The summed E-state index contributed by atoms with van der Waals surface area (Å²) >= 11 is 7.23. The molecular weight excluding hydrogens is 248 g/mol. The summed E-state index contributed by atoms with van der Waals surface area (Å²) < 4.78 is 0. The summed E-state index contributed by atoms with van der Waals surface area (Å²) in [6.07, 6.45) is 1.66. The van der Waals surface area contributed by atoms with Crippen molar-refractivity contribution >= 4 is 34.7 Å². The summed E-state index contributed by atoms with van der Waals surface area (Å²) in [6.45, 7) is 1.40. The van der Waals surface area contributed by atoms with Crippen molar-refractivity contribution in [1.82, 2.24) is 15.0 Å². The minimum atomic E-state index is -0.208. The molecule has 5 nitrogen and oxygen atoms in total. The van der Waals surface area contributed by atoms with Gasteiger partial charge in [-0.3, -0.25) is 4.79 Å². The van der Waals surface area contributed by atoms with Crippen LogP contribution in [-0.4, -0.2) is 20.9 Å². The first-order chi connectivity index (χ1) is 7.65. The Bertz CT molecular complexity index is 514. The lowest BCUT2D eigenvalue weighted by Gasteiger charge is -2.03. The molecule has 2 aromatic heterocycles. The fraction of sp³-hybridized carbons (Fsp3) is 0.111. The van der Waals surface area contributed by atoms with E-state index in [1.807, 2.05) is 5.38 Å². The normalized spacial score (nSPS) is 10.1. The van der Waals surface area contributed by atoms with Crippen LogP contribution in [0.1, 0.15) is 6.92 Å². The van der Waals surface area contributed by atoms with Gasteiger partial charge in [-0.1, -0.05) is 11.6 Å². The lowest BCUT2D eigenvalue weighted by atomic mass is 10.5. The highest BCUT2D eigenvalue weighted by molar-refractivity contribution is 7.13. The molecule has 0 aliphatic carbocycles. The molecule has 7 heteroatoms. The van der Waals surface area contributed by atoms with E-state index in [0.717, 1.165) is 0 Å². The van der Waals surface area contributed by atoms with E-state index in [1.54, 1.807) is 6.20 Å². The molecule has 0 atom stereocenters. The van der Waals surface area contributed by atoms with E-state index in [1.165, 1.54) is 24.3 Å². The molecule has 0 aliphatic rings. The van der Waals surface area contributed by atoms with Crippen LogP contribution >= 0.6 is 22.9 Å². The molecule has 2 heterocycles. The van der Waals surface area contributed by atoms with Crippen molar-refractivity contribution < 1.29 is 4.79 Å². The van der Waals surface area contributed by atoms with Crippen molar-refractivity contribution in [3.05, 3.63) is 22.8 Å². The fourth-order valence-corrected chi connectivity index (χ4v) is 1.84. The van der Waals surface area contributed by atoms with Crippen LogP contribution in [0.3, 0.4) is 0 Å². The maximum Gasteiger partial charge on any atom is 0.222 e. The molecule has 82 valence electrons. The van der Waals surface area contributed by atoms with Gasteiger partial charge >= 0.3 is 0 Å². The molecule has 0 saturated heterocycles. The van der Waals surface area contributed by atoms with Crippen LogP contribution < -0.4 is 5.32 Å². The number of rotatable bonds is 2. The van der Waals surface area contributed by atoms with E-state index >= 15 is 0 Å². The molecule has 0 unspecified atom stereocenters. The Balaban J connectivity index is 2.40. The third-order valence-corrected chi connectivity index (χ3v) is 2.59. The number of anilines is 1. The van der Waals surface area contributed by atoms with Crippen molar-refractivity contribution in [2.45, 2.75) is 6.92 Å². The lowest BCUT2D eigenvalue weighted by molar-refractivity contribution is -0.114. The molecule has 0 fully saturated rings. The number of carbonyl (C=O) groups excluding carboxylic acids is 1. The molecule has 1 N–H and O–H groups in total. The van der Waals surface area contributed by atoms with Gasteiger partial charge in [-0.05, 0) is 0 Å². The third kappa shape index (κ3) is 2.53. The molecule has 0 bridgehead atoms. The number of hydrogen-bond acceptors (Lipinski definition) is 5. The average Bonchev–Trinajstić information content (AvgIpc) is 2.67. The molecule has 2 rings (SSSR count). The lowest BCUT2D eigenvalue weighted by Crippen LogP contribution is -2.08. The molecule has 1 amide bonds. The summed E-state index contributed by atoms with van der Waals surface area (Å²) in [6, 6.07) is 1.49. The molecule has 0 aliphatic heterocycles. The van der Waals surface area contributed by atoms with E-state index in [0.29, 0.717) is 16.6 Å². The smallest absolute Gasteiger partial charge is 0.222 e. The van der Waals surface area contributed by atoms with Crippen LogP contribution in [0, 0.1) is 0 Å². The van der Waals surface area contributed by atoms with Gasteiger partial charge in [0.15, 0.2) is 10.8 Å². The van der Waals surface area contributed by atoms with Gasteiger partial charge in [0, 0.05) is 24.6 Å². The number of nitrogens with one attached hydrogen (secondary N) is 1. The average molecular weight is 255 g/mol. The first-order valence-corrected chi connectivity index (χ1v) is 5.63. The van der Waals surface area contributed by atoms with Gasteiger partial charge in [0.05, 0.1) is 0 Å². The van der Waals surface area contributed by atoms with Crippen LogP contribution in [0.25, 0.3) is 10.8 Å². The predicted octanol–water partition coefficient (Wildman–Crippen LogP) is 2.21. The molecule has 0 saturated carbocycles. The summed E-state index contributed by atoms with van der Waals surface area (Å²) in [4.78, 5) is 23.1. The Morgan fingerprint density at radius 3 is 2.94 bits per heavy atom. The summed E-state index contributed by atoms with van der Waals surface area (Å²) in [7, 11) is 0. The van der Waals surface area contributed by atoms with Crippen molar-refractivity contribution in [1.29, 1.82) is 0 Å². The van der Waals surface area contributed by atoms with Gasteiger partial charge in [-0.2, -0.15) is 0 Å². The second-order valence-corrected chi connectivity index (χ2v) is 4.20. The van der Waals surface area contributed by atoms with Crippen LogP contribution in [0.4, 0.5) is 5.82 Å². The van der Waals surface area contributed by atoms with Gasteiger partial charge in [0.2, 0.25) is 5.91 Å². The molecular formula is C9H7ClN4OS. The van der Waals surface area contributed by atoms with Crippen LogP contribution in [0.5, 0.6) is 0 Å². The first-order valence-electron chi connectivity index (χ1n) is 4.37. The third-order valence-electron chi connectivity index (χ3n) is 1.62. The standard InChI is InChI=1S/C9H7ClN4OS/c1-5(15)12-7-4-6(10)13-8(14-7)9-11-2-3-16-9/h2-4H,1H3,(H,12,13,14,15). The highest BCUT2D eigenvalue weighted by Gasteiger charge is 2.08. The zero-order chi connectivity index (χ0) is 11.5. The number of halogens is 1. The number of hydrogen-bond donors (Lipinski definition) is 1. The molecule has 2 aromatic rings. The number of nitrogens with zero attached hydrogens (tertiary/aromatic N) is 3. The van der Waals surface area contributed by atoms with Gasteiger partial charge < -0.3 is 5.32 Å². The Hall–Kier alpha value is -1.53. The zero-order valence-corrected chi connectivity index (χ0v) is 9.84. The van der Waals surface area contributed by atoms with Gasteiger partial charge in [0.25, 0.3) is 0 Å². The highest BCUT2D eigenvalue weighted by atomic mass is 35.5. The maximum absolute atomic E-state index is 10.9. The zero-order valence-electron chi connectivity index (χ0n) is 8.27. The van der Waals surface area contributed by atoms with Crippen LogP contribution in [-0.2, 0) is 4.79 Å². The number of amides is 1. The summed E-state index contributed by atoms with van der Waals surface area (Å²) in [5.41, 5.74) is 0. The number of aromatic nitrogens is 3. The molecule has 0 radical (unpaired) electrons. The SMILES string of the molecule is CC(=O)Nc1cc(Cl)nc(-c2nccs2)n1. The van der Waals surface area contributed by atoms with Crippen molar-refractivity contribution in [2.75, 3.05) is 5.32 Å². The first kappa shape index (κ1) is 11.0. The van der Waals surface area contributed by atoms with Crippen molar-refractivity contribution in [3.8, 4) is 10.8 Å². The number of thiazole rings is 1. The van der Waals surface area contributed by atoms with Crippen molar-refractivity contribution in [2.24, 2.45) is 0 Å². The topological polar surface area (TPSA) is 67.8 Å². The monoisotopic (exact) mass is 254 g/mol. The maximum atomic E-state index is 10.9. The Morgan fingerprint density at radius 1 is 1.50 bits per heavy atom. The van der Waals surface area contributed by atoms with Gasteiger partial charge in [-0.15, -0.1) is 11.3 Å². The highest BCUT2D eigenvalue weighted by Crippen LogP contribution is 2.21. The summed E-state index contributed by atoms with van der Waals surface area (Å²) in [5, 5.41) is 5.30. The van der Waals surface area contributed by atoms with E-state index in [-0.39, 0.29) is 11.1 Å². The largest absolute Gasteiger partial charge is 0.311 e. The minimum Gasteiger partial charge on any atom is -0.311 e. The van der Waals surface area contributed by atoms with Crippen LogP contribution in [0.2, 0.25) is 5.15 Å². The van der Waals surface area contributed by atoms with Gasteiger partial charge in [0.1, 0.15) is 11.0 Å². The Labute approximate surface area is 101 Å². The Kier molecular flexibility index (Phi) is 3.12. The second kappa shape index (κ2) is 4.54. The predicted molar refractivity (Wildman–Crippen MR) is 62.5 cm³/mol. The van der Waals surface area contributed by atoms with E-state index in [4.69, 9.17) is 11.6 Å². The Morgan fingerprint density at radius 2 is 2.31 bits per heavy atom. The van der Waals surface area contributed by atoms with E-state index < -0.39 is 0 Å². The van der Waals surface area contributed by atoms with Crippen LogP contribution in [0.15, 0.2) is 17.6 Å². The second-order valence-electron chi connectivity index (χ2n) is 2.92. The van der Waals surface area contributed by atoms with E-state index in [9.17, 15) is 4.79 Å². The fourth-order valence-electron chi connectivity index (χ4n) is 1.09. The molecule has 0 spiro atoms. The molecule has 0 aromatic carbocycles. The quantitative estimate of drug-likeness (QED) is 0.835. The molecule has 16 heavy (non-hydrogen) atoms. The van der Waals surface area contributed by atoms with Gasteiger partial charge in [-0.25, -0.2) is 15.0 Å². The number of carbonyl (C=O) groups is 1.